The Morgan fingerprint density at radius 1 is 1.11 bits per heavy atom. The van der Waals surface area contributed by atoms with Gasteiger partial charge in [0.25, 0.3) is 5.91 Å². The van der Waals surface area contributed by atoms with Crippen molar-refractivity contribution in [3.05, 3.63) is 69.5 Å². The van der Waals surface area contributed by atoms with E-state index in [2.05, 4.69) is 5.32 Å². The summed E-state index contributed by atoms with van der Waals surface area (Å²) in [5.41, 5.74) is -1.36. The molecule has 0 aliphatic carbocycles. The molecular formula is C18H11ClF3NO4. The number of benzene rings is 2. The summed E-state index contributed by atoms with van der Waals surface area (Å²) in [4.78, 5) is 23.2. The second-order valence-electron chi connectivity index (χ2n) is 5.48. The number of alkyl halides is 3. The topological polar surface area (TPSA) is 68.5 Å². The number of amides is 1. The summed E-state index contributed by atoms with van der Waals surface area (Å²) in [6.07, 6.45) is -4.64. The van der Waals surface area contributed by atoms with Crippen LogP contribution in [0.1, 0.15) is 5.56 Å². The van der Waals surface area contributed by atoms with E-state index < -0.39 is 34.9 Å². The van der Waals surface area contributed by atoms with Crippen LogP contribution >= 0.6 is 11.6 Å². The van der Waals surface area contributed by atoms with Gasteiger partial charge in [-0.25, -0.2) is 4.79 Å². The lowest BCUT2D eigenvalue weighted by atomic mass is 10.2. The maximum absolute atomic E-state index is 12.8. The minimum Gasteiger partial charge on any atom is -0.484 e. The number of halogens is 4. The van der Waals surface area contributed by atoms with E-state index >= 15 is 0 Å². The molecule has 140 valence electrons. The summed E-state index contributed by atoms with van der Waals surface area (Å²) in [6, 6.07) is 10.5. The van der Waals surface area contributed by atoms with E-state index in [0.29, 0.717) is 5.39 Å². The zero-order valence-corrected chi connectivity index (χ0v) is 14.2. The number of nitrogens with one attached hydrogen (secondary N) is 1. The molecule has 0 saturated carbocycles. The zero-order chi connectivity index (χ0) is 19.6. The smallest absolute Gasteiger partial charge is 0.417 e. The maximum Gasteiger partial charge on any atom is 0.417 e. The average molecular weight is 398 g/mol. The van der Waals surface area contributed by atoms with Crippen molar-refractivity contribution in [2.45, 2.75) is 6.18 Å². The van der Waals surface area contributed by atoms with E-state index in [1.807, 2.05) is 0 Å². The molecule has 3 rings (SSSR count). The molecule has 0 unspecified atom stereocenters. The van der Waals surface area contributed by atoms with Gasteiger partial charge in [-0.05, 0) is 36.4 Å². The molecule has 0 spiro atoms. The molecule has 0 aliphatic rings. The molecule has 0 fully saturated rings. The van der Waals surface area contributed by atoms with Gasteiger partial charge in [0.2, 0.25) is 0 Å². The number of rotatable bonds is 4. The fourth-order valence-corrected chi connectivity index (χ4v) is 2.52. The second-order valence-corrected chi connectivity index (χ2v) is 5.89. The summed E-state index contributed by atoms with van der Waals surface area (Å²) in [5, 5.41) is 2.51. The predicted molar refractivity (Wildman–Crippen MR) is 93.1 cm³/mol. The highest BCUT2D eigenvalue weighted by Crippen LogP contribution is 2.36. The van der Waals surface area contributed by atoms with Gasteiger partial charge in [-0.1, -0.05) is 11.6 Å². The Hall–Kier alpha value is -3.00. The van der Waals surface area contributed by atoms with Crippen LogP contribution < -0.4 is 15.7 Å². The molecule has 0 aliphatic heterocycles. The first-order chi connectivity index (χ1) is 12.7. The quantitative estimate of drug-likeness (QED) is 0.659. The van der Waals surface area contributed by atoms with Crippen molar-refractivity contribution >= 4 is 34.2 Å². The Labute approximate surface area is 155 Å². The van der Waals surface area contributed by atoms with E-state index in [0.717, 1.165) is 12.1 Å². The minimum absolute atomic E-state index is 0.0650. The van der Waals surface area contributed by atoms with E-state index in [1.165, 1.54) is 18.2 Å². The Morgan fingerprint density at radius 2 is 1.85 bits per heavy atom. The number of fused-ring (bicyclic) bond motifs is 1. The standard InChI is InChI=1S/C18H11ClF3NO4/c19-14-5-3-11(7-13(14)18(20,21)22)23-16(24)9-26-12-4-1-10-2-6-17(25)27-15(10)8-12/h1-8H,9H2,(H,23,24). The normalized spacial score (nSPS) is 11.4. The summed E-state index contributed by atoms with van der Waals surface area (Å²) in [7, 11) is 0. The van der Waals surface area contributed by atoms with Gasteiger partial charge in [0, 0.05) is 23.2 Å². The summed E-state index contributed by atoms with van der Waals surface area (Å²) in [6.45, 7) is -0.452. The minimum atomic E-state index is -4.64. The Bertz CT molecular complexity index is 1060. The SMILES string of the molecule is O=C(COc1ccc2ccc(=O)oc2c1)Nc1ccc(Cl)c(C(F)(F)F)c1. The number of anilines is 1. The lowest BCUT2D eigenvalue weighted by Gasteiger charge is -2.12. The summed E-state index contributed by atoms with van der Waals surface area (Å²) >= 11 is 5.53. The fourth-order valence-electron chi connectivity index (χ4n) is 2.30. The van der Waals surface area contributed by atoms with Crippen LogP contribution in [-0.2, 0) is 11.0 Å². The molecule has 1 amide bonds. The maximum atomic E-state index is 12.8. The number of carbonyl (C=O) groups excluding carboxylic acids is 1. The summed E-state index contributed by atoms with van der Waals surface area (Å²) in [5.74, 6) is -0.404. The Kier molecular flexibility index (Phi) is 5.09. The lowest BCUT2D eigenvalue weighted by molar-refractivity contribution is -0.137. The lowest BCUT2D eigenvalue weighted by Crippen LogP contribution is -2.20. The average Bonchev–Trinajstić information content (AvgIpc) is 2.60. The molecule has 0 saturated heterocycles. The van der Waals surface area contributed by atoms with Crippen molar-refractivity contribution in [1.29, 1.82) is 0 Å². The van der Waals surface area contributed by atoms with Crippen molar-refractivity contribution < 1.29 is 27.1 Å². The van der Waals surface area contributed by atoms with Gasteiger partial charge in [0.15, 0.2) is 6.61 Å². The highest BCUT2D eigenvalue weighted by Gasteiger charge is 2.33. The Balaban J connectivity index is 1.67. The van der Waals surface area contributed by atoms with Crippen LogP contribution in [0.25, 0.3) is 11.0 Å². The van der Waals surface area contributed by atoms with Crippen LogP contribution in [0, 0.1) is 0 Å². The summed E-state index contributed by atoms with van der Waals surface area (Å²) < 4.78 is 48.8. The molecule has 1 heterocycles. The third kappa shape index (κ3) is 4.59. The molecule has 5 nitrogen and oxygen atoms in total. The molecule has 1 N–H and O–H groups in total. The molecule has 1 aromatic heterocycles. The largest absolute Gasteiger partial charge is 0.484 e. The van der Waals surface area contributed by atoms with Gasteiger partial charge in [0.1, 0.15) is 11.3 Å². The first-order valence-electron chi connectivity index (χ1n) is 7.56. The molecule has 2 aromatic carbocycles. The van der Waals surface area contributed by atoms with Crippen LogP contribution in [-0.4, -0.2) is 12.5 Å². The highest BCUT2D eigenvalue weighted by atomic mass is 35.5. The van der Waals surface area contributed by atoms with Crippen molar-refractivity contribution in [1.82, 2.24) is 0 Å². The molecule has 9 heteroatoms. The first kappa shape index (κ1) is 18.8. The first-order valence-corrected chi connectivity index (χ1v) is 7.93. The van der Waals surface area contributed by atoms with Gasteiger partial charge in [-0.3, -0.25) is 4.79 Å². The van der Waals surface area contributed by atoms with Crippen molar-refractivity contribution in [2.24, 2.45) is 0 Å². The highest BCUT2D eigenvalue weighted by molar-refractivity contribution is 6.31. The number of hydrogen-bond acceptors (Lipinski definition) is 4. The number of carbonyl (C=O) groups is 1. The van der Waals surface area contributed by atoms with Crippen molar-refractivity contribution in [2.75, 3.05) is 11.9 Å². The van der Waals surface area contributed by atoms with Crippen LogP contribution in [0.2, 0.25) is 5.02 Å². The molecule has 3 aromatic rings. The predicted octanol–water partition coefficient (Wildman–Crippen LogP) is 4.48. The van der Waals surface area contributed by atoms with E-state index in [1.54, 1.807) is 18.2 Å². The van der Waals surface area contributed by atoms with Crippen LogP contribution in [0.3, 0.4) is 0 Å². The zero-order valence-electron chi connectivity index (χ0n) is 13.5. The monoisotopic (exact) mass is 397 g/mol. The van der Waals surface area contributed by atoms with E-state index in [-0.39, 0.29) is 17.0 Å². The molecular weight excluding hydrogens is 387 g/mol. The van der Waals surface area contributed by atoms with Gasteiger partial charge < -0.3 is 14.5 Å². The fraction of sp³-hybridized carbons (Fsp3) is 0.111. The Morgan fingerprint density at radius 3 is 2.59 bits per heavy atom. The molecule has 27 heavy (non-hydrogen) atoms. The third-order valence-corrected chi connectivity index (χ3v) is 3.85. The van der Waals surface area contributed by atoms with Crippen LogP contribution in [0.15, 0.2) is 57.7 Å². The van der Waals surface area contributed by atoms with Crippen LogP contribution in [0.5, 0.6) is 5.75 Å². The van der Waals surface area contributed by atoms with Gasteiger partial charge >= 0.3 is 11.8 Å². The van der Waals surface area contributed by atoms with Crippen LogP contribution in [0.4, 0.5) is 18.9 Å². The third-order valence-electron chi connectivity index (χ3n) is 3.52. The van der Waals surface area contributed by atoms with Gasteiger partial charge in [0.05, 0.1) is 10.6 Å². The van der Waals surface area contributed by atoms with Crippen molar-refractivity contribution in [3.8, 4) is 5.75 Å². The van der Waals surface area contributed by atoms with Crippen molar-refractivity contribution in [3.63, 3.8) is 0 Å². The van der Waals surface area contributed by atoms with Gasteiger partial charge in [-0.2, -0.15) is 13.2 Å². The second kappa shape index (κ2) is 7.32. The van der Waals surface area contributed by atoms with E-state index in [4.69, 9.17) is 20.8 Å². The number of hydrogen-bond donors (Lipinski definition) is 1. The number of ether oxygens (including phenoxy) is 1. The molecule has 0 atom stereocenters. The molecule has 0 bridgehead atoms. The molecule has 0 radical (unpaired) electrons. The van der Waals surface area contributed by atoms with Gasteiger partial charge in [-0.15, -0.1) is 0 Å². The van der Waals surface area contributed by atoms with E-state index in [9.17, 15) is 22.8 Å².